The first-order valence-electron chi connectivity index (χ1n) is 18.9. The van der Waals surface area contributed by atoms with Gasteiger partial charge in [0.25, 0.3) is 0 Å². The van der Waals surface area contributed by atoms with Crippen LogP contribution in [0.4, 0.5) is 126 Å². The molecule has 2 atom stereocenters. The molecule has 1 aliphatic rings. The Morgan fingerprint density at radius 3 is 1.03 bits per heavy atom. The van der Waals surface area contributed by atoms with Crippen LogP contribution in [0.5, 0.6) is 0 Å². The van der Waals surface area contributed by atoms with E-state index in [0.29, 0.717) is 0 Å². The van der Waals surface area contributed by atoms with E-state index >= 15 is 0 Å². The van der Waals surface area contributed by atoms with Crippen LogP contribution in [0.3, 0.4) is 0 Å². The van der Waals surface area contributed by atoms with Crippen LogP contribution in [0.15, 0.2) is 36.7 Å². The second kappa shape index (κ2) is 17.1. The van der Waals surface area contributed by atoms with Gasteiger partial charge < -0.3 is 9.80 Å². The van der Waals surface area contributed by atoms with Crippen molar-refractivity contribution in [1.82, 2.24) is 0 Å². The Kier molecular flexibility index (Phi) is 14.6. The van der Waals surface area contributed by atoms with E-state index in [0.717, 1.165) is 24.3 Å². The number of hydrogen-bond acceptors (Lipinski definition) is 2. The fourth-order valence-electron chi connectivity index (χ4n) is 7.51. The molecule has 2 aromatic carbocycles. The summed E-state index contributed by atoms with van der Waals surface area (Å²) in [5.74, 6) is -79.1. The summed E-state index contributed by atoms with van der Waals surface area (Å²) in [5.41, 5.74) is 0.180. The van der Waals surface area contributed by atoms with Gasteiger partial charge in [0.1, 0.15) is 6.17 Å². The second-order valence-corrected chi connectivity index (χ2v) is 16.5. The largest absolute Gasteiger partial charge is 0.460 e. The van der Waals surface area contributed by atoms with E-state index in [1.807, 2.05) is 0 Å². The van der Waals surface area contributed by atoms with Gasteiger partial charge in [-0.3, -0.25) is 0 Å². The molecule has 0 saturated carbocycles. The lowest BCUT2D eigenvalue weighted by Crippen LogP contribution is -2.70. The molecule has 0 amide bonds. The second-order valence-electron chi connectivity index (χ2n) is 16.5. The summed E-state index contributed by atoms with van der Waals surface area (Å²) < 4.78 is 356. The van der Waals surface area contributed by atoms with Gasteiger partial charge in [-0.2, -0.15) is 114 Å². The van der Waals surface area contributed by atoms with Crippen LogP contribution in [0.1, 0.15) is 60.6 Å². The molecule has 1 heterocycles. The summed E-state index contributed by atoms with van der Waals surface area (Å²) >= 11 is 0. The smallest absolute Gasteiger partial charge is 0.325 e. The number of halogens is 26. The third-order valence-electron chi connectivity index (χ3n) is 11.0. The van der Waals surface area contributed by atoms with E-state index in [4.69, 9.17) is 0 Å². The Labute approximate surface area is 362 Å². The van der Waals surface area contributed by atoms with Gasteiger partial charge in [-0.15, -0.1) is 0 Å². The first kappa shape index (κ1) is 57.3. The third-order valence-corrected chi connectivity index (χ3v) is 11.0. The number of alkyl halides is 26. The Hall–Kier alpha value is -4.04. The molecule has 67 heavy (non-hydrogen) atoms. The van der Waals surface area contributed by atoms with Crippen molar-refractivity contribution in [2.45, 2.75) is 145 Å². The summed E-state index contributed by atoms with van der Waals surface area (Å²) in [6.07, 6.45) is -18.4. The number of rotatable bonds is 17. The standard InChI is InChI=1S/C39H36F26N2/c1-17(2)27-66(25-18(3)12-23(13-19(25)4)8-9-28(40,41)30(44,45)32(48,49)34(52,53)36(56,57)38(60,61)62)10-11-67(27)26-20(5)14-24(15-21(26)6)16-22(7)29(42,43)31(46,47)33(50,51)35(54,55)37(58,59)39(63,64)65/h10-15,17,22,27H,8-9,16H2,1-7H3. The normalized spacial score (nSPS) is 17.6. The molecule has 2 unspecified atom stereocenters. The molecule has 28 heteroatoms. The summed E-state index contributed by atoms with van der Waals surface area (Å²) in [7, 11) is 0. The van der Waals surface area contributed by atoms with Crippen LogP contribution in [0.25, 0.3) is 0 Å². The average molecular weight is 1030 g/mol. The molecule has 0 bridgehead atoms. The van der Waals surface area contributed by atoms with Gasteiger partial charge in [0.15, 0.2) is 0 Å². The maximum Gasteiger partial charge on any atom is 0.460 e. The molecule has 3 rings (SSSR count). The highest BCUT2D eigenvalue weighted by atomic mass is 19.4. The summed E-state index contributed by atoms with van der Waals surface area (Å²) in [4.78, 5) is 3.06. The molecule has 0 radical (unpaired) electrons. The molecule has 1 aliphatic heterocycles. The lowest BCUT2D eigenvalue weighted by Gasteiger charge is -2.41. The fraction of sp³-hybridized carbons (Fsp3) is 0.641. The molecule has 0 spiro atoms. The van der Waals surface area contributed by atoms with Crippen molar-refractivity contribution in [3.63, 3.8) is 0 Å². The van der Waals surface area contributed by atoms with Crippen molar-refractivity contribution in [2.75, 3.05) is 9.80 Å². The first-order valence-corrected chi connectivity index (χ1v) is 18.9. The minimum atomic E-state index is -8.08. The van der Waals surface area contributed by atoms with Gasteiger partial charge >= 0.3 is 71.6 Å². The number of aryl methyl sites for hydroxylation is 5. The van der Waals surface area contributed by atoms with Crippen molar-refractivity contribution < 1.29 is 114 Å². The molecule has 0 aliphatic carbocycles. The zero-order valence-electron chi connectivity index (χ0n) is 35.0. The van der Waals surface area contributed by atoms with Crippen molar-refractivity contribution in [3.8, 4) is 0 Å². The predicted molar refractivity (Wildman–Crippen MR) is 187 cm³/mol. The summed E-state index contributed by atoms with van der Waals surface area (Å²) in [6.45, 7) is 8.63. The molecule has 0 saturated heterocycles. The van der Waals surface area contributed by atoms with Crippen LogP contribution >= 0.6 is 0 Å². The van der Waals surface area contributed by atoms with E-state index in [2.05, 4.69) is 0 Å². The van der Waals surface area contributed by atoms with Gasteiger partial charge in [-0.1, -0.05) is 45.0 Å². The Bertz CT molecular complexity index is 2100. The predicted octanol–water partition coefficient (Wildman–Crippen LogP) is 15.3. The van der Waals surface area contributed by atoms with Crippen molar-refractivity contribution in [2.24, 2.45) is 11.8 Å². The highest BCUT2D eigenvalue weighted by Crippen LogP contribution is 2.63. The quantitative estimate of drug-likeness (QED) is 0.146. The molecule has 2 aromatic rings. The van der Waals surface area contributed by atoms with Crippen LogP contribution in [0, 0.1) is 39.5 Å². The van der Waals surface area contributed by atoms with Crippen molar-refractivity contribution in [1.29, 1.82) is 0 Å². The van der Waals surface area contributed by atoms with Crippen LogP contribution in [-0.4, -0.2) is 77.7 Å². The first-order chi connectivity index (χ1) is 29.5. The minimum Gasteiger partial charge on any atom is -0.325 e. The number of benzene rings is 2. The maximum atomic E-state index is 15.0. The SMILES string of the molecule is Cc1cc(CCC(F)(F)C(F)(F)C(F)(F)C(F)(F)C(F)(F)C(F)(F)F)cc(C)c1N1C=CN(c2c(C)cc(CC(C)C(F)(F)C(F)(F)C(F)(F)C(F)(F)C(F)(F)C(F)(F)F)cc2C)C1C(C)C. The van der Waals surface area contributed by atoms with Crippen molar-refractivity contribution >= 4 is 11.4 Å². The summed E-state index contributed by atoms with van der Waals surface area (Å²) in [6, 6.07) is 4.13. The molecule has 0 aromatic heterocycles. The van der Waals surface area contributed by atoms with Crippen LogP contribution < -0.4 is 9.80 Å². The lowest BCUT2D eigenvalue weighted by molar-refractivity contribution is -0.442. The molecule has 0 fully saturated rings. The number of nitrogens with zero attached hydrogens (tertiary/aromatic N) is 2. The van der Waals surface area contributed by atoms with E-state index in [9.17, 15) is 114 Å². The maximum absolute atomic E-state index is 15.0. The third kappa shape index (κ3) is 8.82. The molecule has 0 N–H and O–H groups in total. The highest BCUT2D eigenvalue weighted by molar-refractivity contribution is 5.71. The van der Waals surface area contributed by atoms with Crippen LogP contribution in [-0.2, 0) is 12.8 Å². The molecular formula is C39H36F26N2. The Balaban J connectivity index is 1.93. The molecule has 2 nitrogen and oxygen atoms in total. The molecular weight excluding hydrogens is 990 g/mol. The van der Waals surface area contributed by atoms with Gasteiger partial charge in [-0.25, -0.2) is 0 Å². The summed E-state index contributed by atoms with van der Waals surface area (Å²) in [5, 5.41) is 0. The topological polar surface area (TPSA) is 6.48 Å². The van der Waals surface area contributed by atoms with E-state index in [1.165, 1.54) is 49.9 Å². The van der Waals surface area contributed by atoms with Gasteiger partial charge in [0, 0.05) is 36.1 Å². The monoisotopic (exact) mass is 1030 g/mol. The molecule has 384 valence electrons. The average Bonchev–Trinajstić information content (AvgIpc) is 3.56. The van der Waals surface area contributed by atoms with Crippen LogP contribution in [0.2, 0.25) is 0 Å². The fourth-order valence-corrected chi connectivity index (χ4v) is 7.51. The zero-order chi connectivity index (χ0) is 52.9. The zero-order valence-corrected chi connectivity index (χ0v) is 35.0. The van der Waals surface area contributed by atoms with E-state index < -0.39 is 109 Å². The van der Waals surface area contributed by atoms with E-state index in [1.54, 1.807) is 13.8 Å². The number of hydrogen-bond donors (Lipinski definition) is 0. The Morgan fingerprint density at radius 2 is 0.716 bits per heavy atom. The lowest BCUT2D eigenvalue weighted by atomic mass is 9.84. The van der Waals surface area contributed by atoms with Gasteiger partial charge in [0.05, 0.1) is 0 Å². The Morgan fingerprint density at radius 1 is 0.418 bits per heavy atom. The van der Waals surface area contributed by atoms with Gasteiger partial charge in [0.2, 0.25) is 0 Å². The number of anilines is 2. The van der Waals surface area contributed by atoms with Gasteiger partial charge in [-0.05, 0) is 79.8 Å². The minimum absolute atomic E-state index is 0.112. The van der Waals surface area contributed by atoms with Crippen molar-refractivity contribution in [3.05, 3.63) is 70.0 Å². The highest BCUT2D eigenvalue weighted by Gasteiger charge is 2.92. The van der Waals surface area contributed by atoms with E-state index in [-0.39, 0.29) is 51.7 Å².